The fraction of sp³-hybridized carbons (Fsp3) is 0.364. The van der Waals surface area contributed by atoms with Gasteiger partial charge in [-0.05, 0) is 12.1 Å². The number of hydrogen-bond acceptors (Lipinski definition) is 3. The minimum Gasteiger partial charge on any atom is -0.486 e. The molecule has 1 aromatic rings. The molecule has 1 heterocycles. The van der Waals surface area contributed by atoms with Crippen molar-refractivity contribution in [3.05, 3.63) is 29.6 Å². The van der Waals surface area contributed by atoms with Crippen LogP contribution in [0.1, 0.15) is 12.0 Å². The number of hydrogen-bond donors (Lipinski definition) is 0. The van der Waals surface area contributed by atoms with E-state index in [1.54, 1.807) is 12.1 Å². The predicted molar refractivity (Wildman–Crippen MR) is 51.0 cm³/mol. The summed E-state index contributed by atoms with van der Waals surface area (Å²) in [6.45, 7) is 1.16. The molecule has 0 N–H and O–H groups in total. The van der Waals surface area contributed by atoms with Gasteiger partial charge in [-0.2, -0.15) is 5.26 Å². The number of benzene rings is 1. The van der Waals surface area contributed by atoms with Gasteiger partial charge in [0.25, 0.3) is 0 Å². The van der Waals surface area contributed by atoms with Crippen LogP contribution in [-0.2, 0) is 4.74 Å². The lowest BCUT2D eigenvalue weighted by molar-refractivity contribution is 0.141. The summed E-state index contributed by atoms with van der Waals surface area (Å²) in [4.78, 5) is 0. The van der Waals surface area contributed by atoms with Gasteiger partial charge in [-0.25, -0.2) is 4.39 Å². The second kappa shape index (κ2) is 4.28. The molecule has 78 valence electrons. The lowest BCUT2D eigenvalue weighted by atomic mass is 10.2. The van der Waals surface area contributed by atoms with E-state index >= 15 is 0 Å². The largest absolute Gasteiger partial charge is 0.486 e. The van der Waals surface area contributed by atoms with Gasteiger partial charge in [0.15, 0.2) is 0 Å². The number of nitrogens with zero attached hydrogens (tertiary/aromatic N) is 1. The molecule has 0 spiro atoms. The quantitative estimate of drug-likeness (QED) is 0.743. The molecule has 1 unspecified atom stereocenters. The Morgan fingerprint density at radius 1 is 1.53 bits per heavy atom. The zero-order chi connectivity index (χ0) is 10.7. The molecule has 0 bridgehead atoms. The molecule has 1 aliphatic heterocycles. The first-order chi connectivity index (χ1) is 7.31. The van der Waals surface area contributed by atoms with E-state index in [9.17, 15) is 4.39 Å². The Balaban J connectivity index is 2.20. The van der Waals surface area contributed by atoms with Crippen LogP contribution in [0.5, 0.6) is 5.75 Å². The Morgan fingerprint density at radius 3 is 3.07 bits per heavy atom. The van der Waals surface area contributed by atoms with Crippen LogP contribution in [-0.4, -0.2) is 19.3 Å². The summed E-state index contributed by atoms with van der Waals surface area (Å²) in [6, 6.07) is 6.17. The van der Waals surface area contributed by atoms with Gasteiger partial charge in [-0.1, -0.05) is 6.07 Å². The molecule has 0 radical (unpaired) electrons. The second-order valence-corrected chi connectivity index (χ2v) is 3.33. The lowest BCUT2D eigenvalue weighted by Gasteiger charge is -2.12. The molecule has 1 aliphatic rings. The van der Waals surface area contributed by atoms with Crippen LogP contribution in [0.15, 0.2) is 18.2 Å². The Kier molecular flexibility index (Phi) is 2.84. The van der Waals surface area contributed by atoms with Crippen LogP contribution < -0.4 is 4.74 Å². The van der Waals surface area contributed by atoms with Gasteiger partial charge in [0.2, 0.25) is 0 Å². The maximum Gasteiger partial charge on any atom is 0.144 e. The molecular weight excluding hydrogens is 197 g/mol. The maximum atomic E-state index is 13.2. The summed E-state index contributed by atoms with van der Waals surface area (Å²) in [5.74, 6) is -0.248. The van der Waals surface area contributed by atoms with Gasteiger partial charge in [0.1, 0.15) is 29.3 Å². The van der Waals surface area contributed by atoms with Crippen molar-refractivity contribution in [1.29, 1.82) is 5.26 Å². The van der Waals surface area contributed by atoms with Crippen molar-refractivity contribution in [3.8, 4) is 11.8 Å². The third-order valence-electron chi connectivity index (χ3n) is 2.27. The summed E-state index contributed by atoms with van der Waals surface area (Å²) in [5.41, 5.74) is -0.0376. The van der Waals surface area contributed by atoms with Gasteiger partial charge in [-0.15, -0.1) is 0 Å². The first-order valence-corrected chi connectivity index (χ1v) is 4.74. The van der Waals surface area contributed by atoms with Gasteiger partial charge < -0.3 is 9.47 Å². The molecule has 0 aromatic heterocycles. The first kappa shape index (κ1) is 9.94. The van der Waals surface area contributed by atoms with Crippen molar-refractivity contribution >= 4 is 0 Å². The highest BCUT2D eigenvalue weighted by molar-refractivity contribution is 5.43. The van der Waals surface area contributed by atoms with Gasteiger partial charge in [0.05, 0.1) is 13.2 Å². The van der Waals surface area contributed by atoms with Crippen molar-refractivity contribution in [1.82, 2.24) is 0 Å². The average Bonchev–Trinajstić information content (AvgIpc) is 2.71. The highest BCUT2D eigenvalue weighted by Crippen LogP contribution is 2.23. The minimum atomic E-state index is -0.547. The van der Waals surface area contributed by atoms with Gasteiger partial charge in [0, 0.05) is 6.42 Å². The van der Waals surface area contributed by atoms with E-state index in [-0.39, 0.29) is 11.7 Å². The smallest absolute Gasteiger partial charge is 0.144 e. The summed E-state index contributed by atoms with van der Waals surface area (Å²) in [5, 5.41) is 8.77. The molecule has 0 saturated carbocycles. The fourth-order valence-corrected chi connectivity index (χ4v) is 1.50. The second-order valence-electron chi connectivity index (χ2n) is 3.33. The van der Waals surface area contributed by atoms with E-state index in [0.29, 0.717) is 19.0 Å². The van der Waals surface area contributed by atoms with Crippen LogP contribution in [0.3, 0.4) is 0 Å². The Hall–Kier alpha value is -1.60. The molecule has 4 heteroatoms. The number of ether oxygens (including phenoxy) is 2. The van der Waals surface area contributed by atoms with Crippen molar-refractivity contribution < 1.29 is 13.9 Å². The van der Waals surface area contributed by atoms with E-state index in [1.165, 1.54) is 12.1 Å². The van der Waals surface area contributed by atoms with Crippen LogP contribution in [0, 0.1) is 17.1 Å². The third kappa shape index (κ3) is 2.08. The van der Waals surface area contributed by atoms with Gasteiger partial charge >= 0.3 is 0 Å². The lowest BCUT2D eigenvalue weighted by Crippen LogP contribution is -2.16. The molecule has 2 rings (SSSR count). The SMILES string of the molecule is N#Cc1c(F)cccc1OC1CCOC1. The summed E-state index contributed by atoms with van der Waals surface area (Å²) in [7, 11) is 0. The Labute approximate surface area is 87.0 Å². The monoisotopic (exact) mass is 207 g/mol. The molecule has 0 aliphatic carbocycles. The number of halogens is 1. The van der Waals surface area contributed by atoms with Crippen molar-refractivity contribution in [3.63, 3.8) is 0 Å². The fourth-order valence-electron chi connectivity index (χ4n) is 1.50. The van der Waals surface area contributed by atoms with E-state index < -0.39 is 5.82 Å². The summed E-state index contributed by atoms with van der Waals surface area (Å²) >= 11 is 0. The molecule has 1 aromatic carbocycles. The Morgan fingerprint density at radius 2 is 2.40 bits per heavy atom. The summed E-state index contributed by atoms with van der Waals surface area (Å²) < 4.78 is 23.8. The van der Waals surface area contributed by atoms with Crippen molar-refractivity contribution in [2.75, 3.05) is 13.2 Å². The van der Waals surface area contributed by atoms with Crippen LogP contribution in [0.2, 0.25) is 0 Å². The molecule has 15 heavy (non-hydrogen) atoms. The molecule has 0 amide bonds. The molecule has 3 nitrogen and oxygen atoms in total. The van der Waals surface area contributed by atoms with E-state index in [0.717, 1.165) is 6.42 Å². The van der Waals surface area contributed by atoms with E-state index in [4.69, 9.17) is 14.7 Å². The number of nitriles is 1. The molecule has 1 atom stereocenters. The van der Waals surface area contributed by atoms with E-state index in [2.05, 4.69) is 0 Å². The average molecular weight is 207 g/mol. The predicted octanol–water partition coefficient (Wildman–Crippen LogP) is 1.87. The first-order valence-electron chi connectivity index (χ1n) is 4.74. The minimum absolute atomic E-state index is 0.0376. The van der Waals surface area contributed by atoms with Crippen molar-refractivity contribution in [2.45, 2.75) is 12.5 Å². The number of rotatable bonds is 2. The van der Waals surface area contributed by atoms with Crippen LogP contribution in [0.25, 0.3) is 0 Å². The maximum absolute atomic E-state index is 13.2. The van der Waals surface area contributed by atoms with Crippen LogP contribution in [0.4, 0.5) is 4.39 Å². The zero-order valence-corrected chi connectivity index (χ0v) is 8.07. The molecular formula is C11H10FNO2. The standard InChI is InChI=1S/C11H10FNO2/c12-10-2-1-3-11(9(10)6-13)15-8-4-5-14-7-8/h1-3,8H,4-5,7H2. The third-order valence-corrected chi connectivity index (χ3v) is 2.27. The normalized spacial score (nSPS) is 19.9. The highest BCUT2D eigenvalue weighted by atomic mass is 19.1. The highest BCUT2D eigenvalue weighted by Gasteiger charge is 2.19. The molecule has 1 fully saturated rings. The van der Waals surface area contributed by atoms with Crippen molar-refractivity contribution in [2.24, 2.45) is 0 Å². The zero-order valence-electron chi connectivity index (χ0n) is 8.07. The van der Waals surface area contributed by atoms with Gasteiger partial charge in [-0.3, -0.25) is 0 Å². The summed E-state index contributed by atoms with van der Waals surface area (Å²) in [6.07, 6.45) is 0.709. The molecule has 1 saturated heterocycles. The van der Waals surface area contributed by atoms with Crippen LogP contribution >= 0.6 is 0 Å². The van der Waals surface area contributed by atoms with E-state index in [1.807, 2.05) is 0 Å². The topological polar surface area (TPSA) is 42.2 Å². The Bertz CT molecular complexity index is 394.